The Morgan fingerprint density at radius 1 is 0.219 bits per heavy atom. The summed E-state index contributed by atoms with van der Waals surface area (Å²) < 4.78 is 2.55. The van der Waals surface area contributed by atoms with E-state index in [1.165, 1.54) is 87.0 Å². The van der Waals surface area contributed by atoms with Crippen LogP contribution >= 0.6 is 11.8 Å². The molecule has 105 heavy (non-hydrogen) atoms. The lowest BCUT2D eigenvalue weighted by molar-refractivity contribution is 1.14. The van der Waals surface area contributed by atoms with Gasteiger partial charge in [-0.2, -0.15) is 0 Å². The van der Waals surface area contributed by atoms with Crippen LogP contribution < -0.4 is 57.3 Å². The summed E-state index contributed by atoms with van der Waals surface area (Å²) in [7, 11) is 0. The number of hydrogen-bond donors (Lipinski definition) is 0. The Kier molecular flexibility index (Phi) is 14.3. The van der Waals surface area contributed by atoms with Crippen LogP contribution in [0.15, 0.2) is 398 Å². The van der Waals surface area contributed by atoms with E-state index in [4.69, 9.17) is 0 Å². The van der Waals surface area contributed by atoms with Crippen LogP contribution in [0.3, 0.4) is 0 Å². The SMILES string of the molecule is c1ccc(-c2ccc3c(c2)c2cc(-c4ccccc4)ccc2n3-c2ccccc2N2c3cc4c(cc3B3c5ccccc5N(c5ccccc5)c5cc(N(c6ccccc6)c6ccccc6)cc2c53)B2c3ccccc3N(c3ccccc3)c3cc(N(c5ccccc5)c5ccccc5)cc(c32)S4)cc1. The third-order valence-corrected chi connectivity index (χ3v) is 22.8. The van der Waals surface area contributed by atoms with Gasteiger partial charge in [0.15, 0.2) is 0 Å². The van der Waals surface area contributed by atoms with Gasteiger partial charge in [-0.1, -0.05) is 254 Å². The highest BCUT2D eigenvalue weighted by Crippen LogP contribution is 2.53. The molecule has 5 heterocycles. The van der Waals surface area contributed by atoms with Crippen molar-refractivity contribution in [2.75, 3.05) is 24.5 Å². The molecule has 0 spiro atoms. The maximum absolute atomic E-state index is 2.67. The van der Waals surface area contributed by atoms with Crippen molar-refractivity contribution in [3.05, 3.63) is 388 Å². The van der Waals surface area contributed by atoms with Crippen molar-refractivity contribution in [1.29, 1.82) is 0 Å². The summed E-state index contributed by atoms with van der Waals surface area (Å²) in [6, 6.07) is 144. The second-order valence-corrected chi connectivity index (χ2v) is 28.6. The van der Waals surface area contributed by atoms with Crippen molar-refractivity contribution in [2.24, 2.45) is 0 Å². The largest absolute Gasteiger partial charge is 0.311 e. The fraction of sp³-hybridized carbons (Fsp3) is 0. The molecule has 0 saturated heterocycles. The molecule has 0 fully saturated rings. The van der Waals surface area contributed by atoms with Crippen LogP contribution in [-0.4, -0.2) is 18.0 Å². The number of hydrogen-bond acceptors (Lipinski definition) is 6. The lowest BCUT2D eigenvalue weighted by atomic mass is 9.31. The van der Waals surface area contributed by atoms with Crippen LogP contribution in [0.1, 0.15) is 0 Å². The Balaban J connectivity index is 0.873. The predicted octanol–water partition coefficient (Wildman–Crippen LogP) is 21.9. The topological polar surface area (TPSA) is 21.1 Å². The molecule has 6 nitrogen and oxygen atoms in total. The van der Waals surface area contributed by atoms with E-state index in [1.807, 2.05) is 11.8 Å². The molecule has 0 N–H and O–H groups in total. The van der Waals surface area contributed by atoms with Gasteiger partial charge in [0.2, 0.25) is 6.71 Å². The second-order valence-electron chi connectivity index (χ2n) is 27.5. The number of para-hydroxylation sites is 10. The van der Waals surface area contributed by atoms with Crippen molar-refractivity contribution in [1.82, 2.24) is 4.57 Å². The lowest BCUT2D eigenvalue weighted by Crippen LogP contribution is -2.64. The summed E-state index contributed by atoms with van der Waals surface area (Å²) in [6.07, 6.45) is 0. The molecule has 0 amide bonds. The molecule has 0 bridgehead atoms. The first kappa shape index (κ1) is 60.6. The van der Waals surface area contributed by atoms with Crippen molar-refractivity contribution in [3.8, 4) is 27.9 Å². The summed E-state index contributed by atoms with van der Waals surface area (Å²) in [4.78, 5) is 15.0. The van der Waals surface area contributed by atoms with E-state index in [0.29, 0.717) is 0 Å². The van der Waals surface area contributed by atoms with E-state index in [2.05, 4.69) is 417 Å². The number of nitrogens with zero attached hydrogens (tertiary/aromatic N) is 6. The van der Waals surface area contributed by atoms with Crippen LogP contribution in [0.4, 0.5) is 85.3 Å². The Labute approximate surface area is 616 Å². The van der Waals surface area contributed by atoms with Gasteiger partial charge in [-0.15, -0.1) is 0 Å². The standard InChI is InChI=1S/C96H64B2N6S/c1-9-31-65(32-10-1)67-53-55-83-77(57-67)78-58-68(66-33-11-2-12-34-66)54-56-84(78)103(83)87-51-29-30-52-88(87)104-89-64-93-82(98-80-48-26-28-50-86(80)102(74-45-23-8-24-46-74)92-61-76(62-94(105-93)96(92)98)100(71-39-17-5-18-40-71)72-41-19-6-20-42-72)63-81(89)97-79-47-25-27-49-85(79)101(73-43-21-7-22-44-73)90-59-75(60-91(104)95(90)97)99(69-35-13-3-14-36-69)70-37-15-4-16-38-70/h1-64H. The molecule has 9 heteroatoms. The number of benzene rings is 16. The monoisotopic (exact) mass is 1350 g/mol. The highest BCUT2D eigenvalue weighted by molar-refractivity contribution is 8.00. The van der Waals surface area contributed by atoms with Gasteiger partial charge in [-0.3, -0.25) is 0 Å². The fourth-order valence-corrected chi connectivity index (χ4v) is 18.5. The molecule has 4 aliphatic rings. The second kappa shape index (κ2) is 24.8. The lowest BCUT2D eigenvalue weighted by Gasteiger charge is -2.46. The van der Waals surface area contributed by atoms with Crippen molar-refractivity contribution < 1.29 is 0 Å². The summed E-state index contributed by atoms with van der Waals surface area (Å²) in [5, 5.41) is 2.38. The van der Waals surface area contributed by atoms with Crippen LogP contribution in [0, 0.1) is 0 Å². The van der Waals surface area contributed by atoms with Gasteiger partial charge in [0.1, 0.15) is 0 Å². The normalized spacial score (nSPS) is 12.8. The van der Waals surface area contributed by atoms with E-state index >= 15 is 0 Å². The van der Waals surface area contributed by atoms with Gasteiger partial charge in [0, 0.05) is 94.5 Å². The molecule has 17 aromatic rings. The minimum Gasteiger partial charge on any atom is -0.311 e. The van der Waals surface area contributed by atoms with E-state index in [0.717, 1.165) is 90.7 Å². The quantitative estimate of drug-likeness (QED) is 0.113. The zero-order valence-corrected chi connectivity index (χ0v) is 58.0. The molecule has 4 aliphatic heterocycles. The number of anilines is 15. The third kappa shape index (κ3) is 9.84. The van der Waals surface area contributed by atoms with E-state index < -0.39 is 0 Å². The summed E-state index contributed by atoms with van der Waals surface area (Å²) in [5.41, 5.74) is 32.2. The molecule has 490 valence electrons. The molecular formula is C96H64B2N6S. The fourth-order valence-electron chi connectivity index (χ4n) is 17.3. The van der Waals surface area contributed by atoms with Crippen molar-refractivity contribution in [3.63, 3.8) is 0 Å². The molecule has 16 aromatic carbocycles. The molecule has 0 unspecified atom stereocenters. The Morgan fingerprint density at radius 3 is 1.06 bits per heavy atom. The van der Waals surface area contributed by atoms with Crippen LogP contribution in [0.5, 0.6) is 0 Å². The molecule has 0 atom stereocenters. The Hall–Kier alpha value is -13.2. The molecule has 0 saturated carbocycles. The number of fused-ring (bicyclic) bond motifs is 11. The summed E-state index contributed by atoms with van der Waals surface area (Å²) in [5.74, 6) is 0. The van der Waals surface area contributed by atoms with Gasteiger partial charge in [0.25, 0.3) is 6.71 Å². The number of rotatable bonds is 12. The first-order valence-corrected chi connectivity index (χ1v) is 36.9. The van der Waals surface area contributed by atoms with Gasteiger partial charge >= 0.3 is 0 Å². The summed E-state index contributed by atoms with van der Waals surface area (Å²) >= 11 is 1.91. The first-order valence-electron chi connectivity index (χ1n) is 36.1. The van der Waals surface area contributed by atoms with Gasteiger partial charge in [-0.05, 0) is 201 Å². The van der Waals surface area contributed by atoms with E-state index in [-0.39, 0.29) is 13.4 Å². The molecular weight excluding hydrogens is 1290 g/mol. The van der Waals surface area contributed by atoms with Gasteiger partial charge in [-0.25, -0.2) is 0 Å². The Morgan fingerprint density at radius 2 is 0.590 bits per heavy atom. The van der Waals surface area contributed by atoms with Gasteiger partial charge < -0.3 is 29.1 Å². The van der Waals surface area contributed by atoms with Crippen LogP contribution in [0.2, 0.25) is 0 Å². The Bertz CT molecular complexity index is 6050. The number of aromatic nitrogens is 1. The maximum atomic E-state index is 2.67. The zero-order valence-electron chi connectivity index (χ0n) is 57.2. The molecule has 0 radical (unpaired) electrons. The molecule has 0 aliphatic carbocycles. The molecule has 21 rings (SSSR count). The summed E-state index contributed by atoms with van der Waals surface area (Å²) in [6.45, 7) is -0.332. The van der Waals surface area contributed by atoms with Crippen LogP contribution in [-0.2, 0) is 0 Å². The highest BCUT2D eigenvalue weighted by Gasteiger charge is 2.48. The van der Waals surface area contributed by atoms with Crippen molar-refractivity contribution in [2.45, 2.75) is 9.79 Å². The van der Waals surface area contributed by atoms with Crippen LogP contribution in [0.25, 0.3) is 49.7 Å². The van der Waals surface area contributed by atoms with Gasteiger partial charge in [0.05, 0.1) is 28.1 Å². The first-order chi connectivity index (χ1) is 52.1. The minimum absolute atomic E-state index is 0.128. The highest BCUT2D eigenvalue weighted by atomic mass is 32.2. The van der Waals surface area contributed by atoms with E-state index in [9.17, 15) is 0 Å². The minimum atomic E-state index is -0.204. The van der Waals surface area contributed by atoms with Crippen molar-refractivity contribution >= 4 is 165 Å². The third-order valence-electron chi connectivity index (χ3n) is 21.7. The zero-order chi connectivity index (χ0) is 69.1. The predicted molar refractivity (Wildman–Crippen MR) is 445 cm³/mol. The average molecular weight is 1360 g/mol. The average Bonchev–Trinajstić information content (AvgIpc) is 0.968. The smallest absolute Gasteiger partial charge is 0.252 e. The molecule has 1 aromatic heterocycles. The van der Waals surface area contributed by atoms with E-state index in [1.54, 1.807) is 0 Å². The maximum Gasteiger partial charge on any atom is 0.252 e.